The zero-order chi connectivity index (χ0) is 18.4. The molecule has 0 unspecified atom stereocenters. The minimum Gasteiger partial charge on any atom is -0.493 e. The fourth-order valence-corrected chi connectivity index (χ4v) is 3.68. The van der Waals surface area contributed by atoms with E-state index in [-0.39, 0.29) is 5.91 Å². The second-order valence-corrected chi connectivity index (χ2v) is 6.10. The van der Waals surface area contributed by atoms with Crippen LogP contribution in [0.15, 0.2) is 24.3 Å². The van der Waals surface area contributed by atoms with Crippen molar-refractivity contribution in [3.8, 4) is 23.0 Å². The number of anilines is 1. The molecule has 0 atom stereocenters. The van der Waals surface area contributed by atoms with Gasteiger partial charge in [0.25, 0.3) is 0 Å². The first-order chi connectivity index (χ1) is 12.6. The standard InChI is InChI=1S/C20H19NO5/c1-23-14-6-10-5-13-18-11(8-17(22)21-13)7-16(25-3)20(26-4)19(18)12(10)9-15(14)24-2/h5-7,9H,8H2,1-4H3,(H,21,22). The average molecular weight is 353 g/mol. The molecule has 6 heteroatoms. The first kappa shape index (κ1) is 16.3. The highest BCUT2D eigenvalue weighted by molar-refractivity contribution is 6.22. The van der Waals surface area contributed by atoms with Gasteiger partial charge in [-0.3, -0.25) is 4.79 Å². The molecule has 0 spiro atoms. The molecule has 1 heterocycles. The van der Waals surface area contributed by atoms with E-state index in [9.17, 15) is 4.79 Å². The van der Waals surface area contributed by atoms with Gasteiger partial charge >= 0.3 is 0 Å². The Balaban J connectivity index is 2.24. The SMILES string of the molecule is COc1cc2cc3c4c(cc(OC)c(OC)c4c2cc1OC)CC(=O)N3. The van der Waals surface area contributed by atoms with Crippen molar-refractivity contribution in [3.05, 3.63) is 29.8 Å². The van der Waals surface area contributed by atoms with Gasteiger partial charge in [-0.05, 0) is 40.6 Å². The molecule has 0 bridgehead atoms. The Kier molecular flexibility index (Phi) is 3.76. The van der Waals surface area contributed by atoms with E-state index in [1.807, 2.05) is 24.3 Å². The van der Waals surface area contributed by atoms with Crippen molar-refractivity contribution < 1.29 is 23.7 Å². The molecular formula is C20H19NO5. The molecule has 6 nitrogen and oxygen atoms in total. The molecule has 3 aromatic rings. The van der Waals surface area contributed by atoms with E-state index in [0.29, 0.717) is 29.4 Å². The van der Waals surface area contributed by atoms with Gasteiger partial charge in [0, 0.05) is 16.5 Å². The Bertz CT molecular complexity index is 1060. The number of hydrogen-bond donors (Lipinski definition) is 1. The molecular weight excluding hydrogens is 334 g/mol. The molecule has 0 aromatic heterocycles. The normalized spacial score (nSPS) is 12.8. The second kappa shape index (κ2) is 5.98. The summed E-state index contributed by atoms with van der Waals surface area (Å²) < 4.78 is 22.1. The van der Waals surface area contributed by atoms with Crippen LogP contribution in [-0.4, -0.2) is 34.3 Å². The molecule has 4 rings (SSSR count). The summed E-state index contributed by atoms with van der Waals surface area (Å²) in [5.41, 5.74) is 1.67. The average Bonchev–Trinajstić information content (AvgIpc) is 2.65. The van der Waals surface area contributed by atoms with E-state index < -0.39 is 0 Å². The number of fused-ring (bicyclic) bond motifs is 2. The highest BCUT2D eigenvalue weighted by atomic mass is 16.5. The molecule has 0 saturated carbocycles. The summed E-state index contributed by atoms with van der Waals surface area (Å²) in [5, 5.41) is 6.66. The molecule has 0 fully saturated rings. The van der Waals surface area contributed by atoms with Crippen LogP contribution in [0.3, 0.4) is 0 Å². The number of methoxy groups -OCH3 is 4. The van der Waals surface area contributed by atoms with E-state index in [4.69, 9.17) is 18.9 Å². The summed E-state index contributed by atoms with van der Waals surface area (Å²) in [6.45, 7) is 0. The van der Waals surface area contributed by atoms with Gasteiger partial charge in [0.15, 0.2) is 23.0 Å². The lowest BCUT2D eigenvalue weighted by Gasteiger charge is -2.23. The second-order valence-electron chi connectivity index (χ2n) is 6.10. The highest BCUT2D eigenvalue weighted by Gasteiger charge is 2.25. The minimum atomic E-state index is -0.0501. The van der Waals surface area contributed by atoms with Gasteiger partial charge in [-0.2, -0.15) is 0 Å². The minimum absolute atomic E-state index is 0.0501. The third-order valence-electron chi connectivity index (χ3n) is 4.77. The lowest BCUT2D eigenvalue weighted by molar-refractivity contribution is -0.115. The predicted molar refractivity (Wildman–Crippen MR) is 100.0 cm³/mol. The van der Waals surface area contributed by atoms with E-state index in [1.165, 1.54) is 0 Å². The molecule has 134 valence electrons. The largest absolute Gasteiger partial charge is 0.493 e. The Morgan fingerprint density at radius 3 is 2.15 bits per heavy atom. The number of amides is 1. The van der Waals surface area contributed by atoms with Gasteiger partial charge in [-0.25, -0.2) is 0 Å². The van der Waals surface area contributed by atoms with E-state index in [2.05, 4.69) is 5.32 Å². The molecule has 26 heavy (non-hydrogen) atoms. The molecule has 3 aromatic carbocycles. The molecule has 0 saturated heterocycles. The van der Waals surface area contributed by atoms with Gasteiger partial charge in [-0.15, -0.1) is 0 Å². The lowest BCUT2D eigenvalue weighted by Crippen LogP contribution is -2.19. The van der Waals surface area contributed by atoms with Gasteiger partial charge in [0.2, 0.25) is 5.91 Å². The number of ether oxygens (including phenoxy) is 4. The first-order valence-corrected chi connectivity index (χ1v) is 8.17. The quantitative estimate of drug-likeness (QED) is 0.727. The van der Waals surface area contributed by atoms with Gasteiger partial charge in [0.1, 0.15) is 0 Å². The lowest BCUT2D eigenvalue weighted by atomic mass is 9.91. The number of benzene rings is 3. The molecule has 1 aliphatic heterocycles. The maximum atomic E-state index is 12.2. The van der Waals surface area contributed by atoms with Crippen LogP contribution in [0, 0.1) is 0 Å². The molecule has 0 radical (unpaired) electrons. The molecule has 1 amide bonds. The summed E-state index contributed by atoms with van der Waals surface area (Å²) in [6, 6.07) is 7.64. The Morgan fingerprint density at radius 1 is 0.808 bits per heavy atom. The van der Waals surface area contributed by atoms with Crippen molar-refractivity contribution in [1.29, 1.82) is 0 Å². The number of carbonyl (C=O) groups is 1. The smallest absolute Gasteiger partial charge is 0.228 e. The Labute approximate surface area is 150 Å². The first-order valence-electron chi connectivity index (χ1n) is 8.17. The number of carbonyl (C=O) groups excluding carboxylic acids is 1. The van der Waals surface area contributed by atoms with Crippen LogP contribution in [-0.2, 0) is 11.2 Å². The van der Waals surface area contributed by atoms with Crippen LogP contribution in [0.5, 0.6) is 23.0 Å². The Hall–Kier alpha value is -3.15. The van der Waals surface area contributed by atoms with Crippen molar-refractivity contribution >= 4 is 33.1 Å². The van der Waals surface area contributed by atoms with Gasteiger partial charge in [-0.1, -0.05) is 0 Å². The van der Waals surface area contributed by atoms with Crippen LogP contribution in [0.25, 0.3) is 21.5 Å². The van der Waals surface area contributed by atoms with Crippen molar-refractivity contribution in [1.82, 2.24) is 0 Å². The summed E-state index contributed by atoms with van der Waals surface area (Å²) >= 11 is 0. The summed E-state index contributed by atoms with van der Waals surface area (Å²) in [5.74, 6) is 2.42. The topological polar surface area (TPSA) is 66.0 Å². The summed E-state index contributed by atoms with van der Waals surface area (Å²) in [6.07, 6.45) is 0.294. The van der Waals surface area contributed by atoms with E-state index >= 15 is 0 Å². The van der Waals surface area contributed by atoms with Crippen LogP contribution in [0.2, 0.25) is 0 Å². The fraction of sp³-hybridized carbons (Fsp3) is 0.250. The summed E-state index contributed by atoms with van der Waals surface area (Å²) in [7, 11) is 6.40. The number of hydrogen-bond acceptors (Lipinski definition) is 5. The van der Waals surface area contributed by atoms with Crippen molar-refractivity contribution in [2.75, 3.05) is 33.8 Å². The van der Waals surface area contributed by atoms with Crippen LogP contribution >= 0.6 is 0 Å². The van der Waals surface area contributed by atoms with Gasteiger partial charge in [0.05, 0.1) is 34.9 Å². The highest BCUT2D eigenvalue weighted by Crippen LogP contribution is 2.48. The van der Waals surface area contributed by atoms with Crippen molar-refractivity contribution in [2.45, 2.75) is 6.42 Å². The Morgan fingerprint density at radius 2 is 1.50 bits per heavy atom. The fourth-order valence-electron chi connectivity index (χ4n) is 3.68. The molecule has 1 N–H and O–H groups in total. The number of nitrogens with one attached hydrogen (secondary N) is 1. The van der Waals surface area contributed by atoms with Crippen molar-refractivity contribution in [2.24, 2.45) is 0 Å². The maximum Gasteiger partial charge on any atom is 0.228 e. The zero-order valence-corrected chi connectivity index (χ0v) is 15.1. The van der Waals surface area contributed by atoms with E-state index in [1.54, 1.807) is 28.4 Å². The summed E-state index contributed by atoms with van der Waals surface area (Å²) in [4.78, 5) is 12.2. The predicted octanol–water partition coefficient (Wildman–Crippen LogP) is 3.52. The van der Waals surface area contributed by atoms with Crippen LogP contribution < -0.4 is 24.3 Å². The zero-order valence-electron chi connectivity index (χ0n) is 15.1. The maximum absolute atomic E-state index is 12.2. The van der Waals surface area contributed by atoms with Gasteiger partial charge < -0.3 is 24.3 Å². The van der Waals surface area contributed by atoms with Crippen LogP contribution in [0.1, 0.15) is 5.56 Å². The molecule has 1 aliphatic rings. The third-order valence-corrected chi connectivity index (χ3v) is 4.77. The number of rotatable bonds is 4. The van der Waals surface area contributed by atoms with Crippen LogP contribution in [0.4, 0.5) is 5.69 Å². The third kappa shape index (κ3) is 2.22. The monoisotopic (exact) mass is 353 g/mol. The van der Waals surface area contributed by atoms with Crippen molar-refractivity contribution in [3.63, 3.8) is 0 Å². The molecule has 0 aliphatic carbocycles. The van der Waals surface area contributed by atoms with E-state index in [0.717, 1.165) is 32.8 Å².